The first-order valence-corrected chi connectivity index (χ1v) is 4.29. The lowest BCUT2D eigenvalue weighted by molar-refractivity contribution is 0.248. The van der Waals surface area contributed by atoms with E-state index >= 15 is 0 Å². The molecule has 2 N–H and O–H groups in total. The Hall–Kier alpha value is -1.74. The van der Waals surface area contributed by atoms with Crippen LogP contribution in [0.5, 0.6) is 5.75 Å². The highest BCUT2D eigenvalue weighted by atomic mass is 16.4. The van der Waals surface area contributed by atoms with Crippen molar-refractivity contribution in [2.75, 3.05) is 0 Å². The van der Waals surface area contributed by atoms with Crippen LogP contribution in [0.25, 0.3) is 11.3 Å². The van der Waals surface area contributed by atoms with Crippen LogP contribution >= 0.6 is 0 Å². The maximum Gasteiger partial charge on any atom is 0.138 e. The molecule has 0 amide bonds. The second-order valence-electron chi connectivity index (χ2n) is 2.94. The van der Waals surface area contributed by atoms with E-state index in [0.29, 0.717) is 17.1 Å². The lowest BCUT2D eigenvalue weighted by Gasteiger charge is -1.99. The number of rotatable bonds is 2. The highest BCUT2D eigenvalue weighted by molar-refractivity contribution is 5.65. The predicted octanol–water partition coefficient (Wildman–Crippen LogP) is 2.14. The summed E-state index contributed by atoms with van der Waals surface area (Å²) in [4.78, 5) is 0. The predicted molar refractivity (Wildman–Crippen MR) is 51.7 cm³/mol. The highest BCUT2D eigenvalue weighted by Gasteiger charge is 2.07. The van der Waals surface area contributed by atoms with Gasteiger partial charge in [0.05, 0.1) is 5.56 Å². The summed E-state index contributed by atoms with van der Waals surface area (Å²) >= 11 is 0. The molecule has 0 radical (unpaired) electrons. The monoisotopic (exact) mass is 190 g/mol. The van der Waals surface area contributed by atoms with Gasteiger partial charge in [-0.05, 0) is 24.3 Å². The summed E-state index contributed by atoms with van der Waals surface area (Å²) in [6.07, 6.45) is 0. The fourth-order valence-electron chi connectivity index (χ4n) is 1.29. The van der Waals surface area contributed by atoms with Gasteiger partial charge >= 0.3 is 0 Å². The van der Waals surface area contributed by atoms with Gasteiger partial charge < -0.3 is 14.6 Å². The summed E-state index contributed by atoms with van der Waals surface area (Å²) in [6, 6.07) is 10.3. The van der Waals surface area contributed by atoms with Crippen LogP contribution in [0.3, 0.4) is 0 Å². The molecular formula is C11H10O3. The Bertz CT molecular complexity index is 432. The molecule has 3 heteroatoms. The highest BCUT2D eigenvalue weighted by Crippen LogP contribution is 2.29. The minimum absolute atomic E-state index is 0.131. The van der Waals surface area contributed by atoms with Gasteiger partial charge in [-0.15, -0.1) is 0 Å². The maximum atomic E-state index is 9.52. The Kier molecular flexibility index (Phi) is 2.24. The Morgan fingerprint density at radius 2 is 1.86 bits per heavy atom. The first-order chi connectivity index (χ1) is 6.81. The van der Waals surface area contributed by atoms with Crippen molar-refractivity contribution in [3.8, 4) is 17.1 Å². The number of aromatic hydroxyl groups is 1. The van der Waals surface area contributed by atoms with E-state index in [-0.39, 0.29) is 12.4 Å². The molecule has 0 saturated heterocycles. The van der Waals surface area contributed by atoms with Gasteiger partial charge in [0.1, 0.15) is 23.9 Å². The maximum absolute atomic E-state index is 9.52. The van der Waals surface area contributed by atoms with E-state index in [1.807, 2.05) is 6.07 Å². The van der Waals surface area contributed by atoms with E-state index in [1.165, 1.54) is 0 Å². The van der Waals surface area contributed by atoms with Gasteiger partial charge in [0.25, 0.3) is 0 Å². The number of hydrogen-bond donors (Lipinski definition) is 2. The lowest BCUT2D eigenvalue weighted by atomic mass is 10.1. The zero-order chi connectivity index (χ0) is 9.97. The molecule has 0 unspecified atom stereocenters. The fourth-order valence-corrected chi connectivity index (χ4v) is 1.29. The molecular weight excluding hydrogens is 180 g/mol. The summed E-state index contributed by atoms with van der Waals surface area (Å²) in [5.74, 6) is 1.22. The van der Waals surface area contributed by atoms with Crippen molar-refractivity contribution in [3.05, 3.63) is 42.2 Å². The van der Waals surface area contributed by atoms with Gasteiger partial charge in [-0.25, -0.2) is 0 Å². The average molecular weight is 190 g/mol. The van der Waals surface area contributed by atoms with E-state index in [4.69, 9.17) is 9.52 Å². The number of furan rings is 1. The summed E-state index contributed by atoms with van der Waals surface area (Å²) in [5, 5.41) is 18.3. The van der Waals surface area contributed by atoms with Crippen molar-refractivity contribution >= 4 is 0 Å². The Balaban J connectivity index is 2.44. The third-order valence-electron chi connectivity index (χ3n) is 1.99. The Morgan fingerprint density at radius 3 is 2.50 bits per heavy atom. The van der Waals surface area contributed by atoms with Crippen LogP contribution in [0, 0.1) is 0 Å². The largest absolute Gasteiger partial charge is 0.507 e. The van der Waals surface area contributed by atoms with E-state index in [9.17, 15) is 5.11 Å². The number of phenolic OH excluding ortho intramolecular Hbond substituents is 1. The van der Waals surface area contributed by atoms with Crippen LogP contribution < -0.4 is 0 Å². The SMILES string of the molecule is OCc1ccc(-c2ccccc2O)o1. The van der Waals surface area contributed by atoms with Gasteiger partial charge in [-0.2, -0.15) is 0 Å². The van der Waals surface area contributed by atoms with Crippen molar-refractivity contribution in [1.82, 2.24) is 0 Å². The number of hydrogen-bond acceptors (Lipinski definition) is 3. The quantitative estimate of drug-likeness (QED) is 0.762. The molecule has 1 aromatic heterocycles. The standard InChI is InChI=1S/C11H10O3/c12-7-8-5-6-11(14-8)9-3-1-2-4-10(9)13/h1-6,12-13H,7H2. The molecule has 2 rings (SSSR count). The van der Waals surface area contributed by atoms with Crippen LogP contribution in [-0.4, -0.2) is 10.2 Å². The molecule has 0 bridgehead atoms. The van der Waals surface area contributed by atoms with Gasteiger partial charge in [0, 0.05) is 0 Å². The number of aliphatic hydroxyl groups excluding tert-OH is 1. The first kappa shape index (κ1) is 8.84. The van der Waals surface area contributed by atoms with Crippen molar-refractivity contribution in [2.45, 2.75) is 6.61 Å². The molecule has 14 heavy (non-hydrogen) atoms. The third-order valence-corrected chi connectivity index (χ3v) is 1.99. The topological polar surface area (TPSA) is 53.6 Å². The molecule has 3 nitrogen and oxygen atoms in total. The smallest absolute Gasteiger partial charge is 0.138 e. The van der Waals surface area contributed by atoms with Crippen molar-refractivity contribution in [3.63, 3.8) is 0 Å². The summed E-state index contributed by atoms with van der Waals surface area (Å²) in [5.41, 5.74) is 0.632. The van der Waals surface area contributed by atoms with E-state index in [0.717, 1.165) is 0 Å². The molecule has 72 valence electrons. The fraction of sp³-hybridized carbons (Fsp3) is 0.0909. The molecule has 2 aromatic rings. The summed E-state index contributed by atoms with van der Waals surface area (Å²) < 4.78 is 5.29. The summed E-state index contributed by atoms with van der Waals surface area (Å²) in [6.45, 7) is -0.131. The van der Waals surface area contributed by atoms with Crippen LogP contribution in [0.4, 0.5) is 0 Å². The van der Waals surface area contributed by atoms with Crippen molar-refractivity contribution in [2.24, 2.45) is 0 Å². The van der Waals surface area contributed by atoms with E-state index in [1.54, 1.807) is 30.3 Å². The van der Waals surface area contributed by atoms with Crippen molar-refractivity contribution < 1.29 is 14.6 Å². The molecule has 0 saturated carbocycles. The van der Waals surface area contributed by atoms with Gasteiger partial charge in [-0.1, -0.05) is 12.1 Å². The molecule has 0 aliphatic rings. The van der Waals surface area contributed by atoms with Crippen LogP contribution in [0.2, 0.25) is 0 Å². The lowest BCUT2D eigenvalue weighted by Crippen LogP contribution is -1.76. The molecule has 0 spiro atoms. The molecule has 0 aliphatic carbocycles. The van der Waals surface area contributed by atoms with Crippen LogP contribution in [0.15, 0.2) is 40.8 Å². The van der Waals surface area contributed by atoms with E-state index in [2.05, 4.69) is 0 Å². The van der Waals surface area contributed by atoms with E-state index < -0.39 is 0 Å². The number of benzene rings is 1. The third kappa shape index (κ3) is 1.49. The van der Waals surface area contributed by atoms with Crippen LogP contribution in [0.1, 0.15) is 5.76 Å². The second kappa shape index (κ2) is 3.55. The zero-order valence-corrected chi connectivity index (χ0v) is 7.47. The van der Waals surface area contributed by atoms with Crippen molar-refractivity contribution in [1.29, 1.82) is 0 Å². The Morgan fingerprint density at radius 1 is 1.07 bits per heavy atom. The van der Waals surface area contributed by atoms with Crippen LogP contribution in [-0.2, 0) is 6.61 Å². The Labute approximate surface area is 81.2 Å². The number of phenols is 1. The minimum atomic E-state index is -0.131. The molecule has 0 atom stereocenters. The molecule has 1 heterocycles. The zero-order valence-electron chi connectivity index (χ0n) is 7.47. The summed E-state index contributed by atoms with van der Waals surface area (Å²) in [7, 11) is 0. The molecule has 1 aromatic carbocycles. The number of para-hydroxylation sites is 1. The normalized spacial score (nSPS) is 10.4. The second-order valence-corrected chi connectivity index (χ2v) is 2.94. The number of aliphatic hydroxyl groups is 1. The first-order valence-electron chi connectivity index (χ1n) is 4.29. The van der Waals surface area contributed by atoms with Gasteiger partial charge in [-0.3, -0.25) is 0 Å². The molecule has 0 aliphatic heterocycles. The van der Waals surface area contributed by atoms with Gasteiger partial charge in [0.15, 0.2) is 0 Å². The molecule has 0 fully saturated rings. The van der Waals surface area contributed by atoms with Gasteiger partial charge in [0.2, 0.25) is 0 Å². The average Bonchev–Trinajstić information content (AvgIpc) is 2.67. The minimum Gasteiger partial charge on any atom is -0.507 e.